The van der Waals surface area contributed by atoms with E-state index in [9.17, 15) is 10.2 Å². The largest absolute Gasteiger partial charge is 0.414 e. The smallest absolute Gasteiger partial charge is 0.192 e. The van der Waals surface area contributed by atoms with Crippen LogP contribution >= 0.6 is 0 Å². The molecule has 1 saturated heterocycles. The topological polar surface area (TPSA) is 86.6 Å². The van der Waals surface area contributed by atoms with Gasteiger partial charge in [-0.2, -0.15) is 0 Å². The molecule has 7 nitrogen and oxygen atoms in total. The highest BCUT2D eigenvalue weighted by atomic mass is 28.4. The fraction of sp³-hybridized carbons (Fsp3) is 1.00. The quantitative estimate of drug-likeness (QED) is 0.187. The molecule has 1 rings (SSSR count). The van der Waals surface area contributed by atoms with Crippen LogP contribution in [0.15, 0.2) is 0 Å². The highest BCUT2D eigenvalue weighted by Crippen LogP contribution is 2.47. The van der Waals surface area contributed by atoms with Gasteiger partial charge < -0.3 is 32.7 Å². The minimum Gasteiger partial charge on any atom is -0.414 e. The Labute approximate surface area is 277 Å². The molecule has 1 fully saturated rings. The predicted octanol–water partition coefficient (Wildman–Crippen LogP) is 8.69. The molecule has 0 aromatic heterocycles. The molecule has 0 aromatic carbocycles. The van der Waals surface area contributed by atoms with Gasteiger partial charge in [0.2, 0.25) is 0 Å². The average Bonchev–Trinajstić information content (AvgIpc) is 3.10. The van der Waals surface area contributed by atoms with Gasteiger partial charge in [-0.1, -0.05) is 83.1 Å². The molecule has 1 aliphatic rings. The van der Waals surface area contributed by atoms with E-state index in [-0.39, 0.29) is 33.2 Å². The first-order chi connectivity index (χ1) is 19.2. The fourth-order valence-corrected chi connectivity index (χ4v) is 9.11. The molecular formula is C33H74O7Si4. The van der Waals surface area contributed by atoms with Crippen LogP contribution in [0.2, 0.25) is 72.5 Å². The van der Waals surface area contributed by atoms with Crippen LogP contribution in [0.4, 0.5) is 0 Å². The van der Waals surface area contributed by atoms with E-state index in [1.807, 2.05) is 0 Å². The van der Waals surface area contributed by atoms with Crippen molar-refractivity contribution < 1.29 is 32.7 Å². The molecule has 0 radical (unpaired) electrons. The Morgan fingerprint density at radius 1 is 0.591 bits per heavy atom. The van der Waals surface area contributed by atoms with Crippen molar-refractivity contribution in [2.24, 2.45) is 0 Å². The van der Waals surface area contributed by atoms with Crippen molar-refractivity contribution in [3.63, 3.8) is 0 Å². The maximum absolute atomic E-state index is 11.5. The monoisotopic (exact) mass is 694 g/mol. The lowest BCUT2D eigenvalue weighted by atomic mass is 10.0. The van der Waals surface area contributed by atoms with Crippen LogP contribution in [0, 0.1) is 0 Å². The van der Waals surface area contributed by atoms with Gasteiger partial charge in [0.15, 0.2) is 33.3 Å². The normalized spacial score (nSPS) is 25.0. The van der Waals surface area contributed by atoms with Crippen molar-refractivity contribution >= 4 is 33.3 Å². The summed E-state index contributed by atoms with van der Waals surface area (Å²) in [5.74, 6) is 0. The van der Waals surface area contributed by atoms with Gasteiger partial charge in [0.1, 0.15) is 24.4 Å². The van der Waals surface area contributed by atoms with Crippen LogP contribution in [0.1, 0.15) is 89.5 Å². The van der Waals surface area contributed by atoms with Gasteiger partial charge in [-0.15, -0.1) is 0 Å². The van der Waals surface area contributed by atoms with E-state index in [1.165, 1.54) is 0 Å². The Kier molecular flexibility index (Phi) is 13.8. The number of aliphatic hydroxyl groups excluding tert-OH is 2. The molecule has 1 aliphatic heterocycles. The fourth-order valence-electron chi connectivity index (χ4n) is 4.18. The van der Waals surface area contributed by atoms with Gasteiger partial charge in [0.25, 0.3) is 0 Å². The van der Waals surface area contributed by atoms with E-state index >= 15 is 0 Å². The first kappa shape index (κ1) is 42.6. The van der Waals surface area contributed by atoms with Gasteiger partial charge in [-0.25, -0.2) is 0 Å². The van der Waals surface area contributed by atoms with Crippen molar-refractivity contribution in [2.45, 2.75) is 199 Å². The molecule has 0 bridgehead atoms. The van der Waals surface area contributed by atoms with Crippen molar-refractivity contribution in [2.75, 3.05) is 13.2 Å². The lowest BCUT2D eigenvalue weighted by molar-refractivity contribution is -0.102. The maximum atomic E-state index is 11.5. The average molecular weight is 695 g/mol. The summed E-state index contributed by atoms with van der Waals surface area (Å²) in [7, 11) is -9.09. The minimum atomic E-state index is -2.34. The van der Waals surface area contributed by atoms with Crippen molar-refractivity contribution in [3.05, 3.63) is 0 Å². The summed E-state index contributed by atoms with van der Waals surface area (Å²) in [5.41, 5.74) is 0. The van der Waals surface area contributed by atoms with Crippen molar-refractivity contribution in [1.29, 1.82) is 0 Å². The molecule has 6 atom stereocenters. The summed E-state index contributed by atoms with van der Waals surface area (Å²) in [6.45, 7) is 45.3. The molecule has 11 heteroatoms. The highest BCUT2D eigenvalue weighted by Gasteiger charge is 2.58. The zero-order valence-electron chi connectivity index (χ0n) is 32.5. The Balaban J connectivity index is 3.91. The molecule has 1 heterocycles. The third-order valence-electron chi connectivity index (χ3n) is 11.6. The van der Waals surface area contributed by atoms with Crippen LogP contribution in [-0.2, 0) is 22.4 Å². The second-order valence-electron chi connectivity index (χ2n) is 19.3. The van der Waals surface area contributed by atoms with Gasteiger partial charge in [-0.05, 0) is 78.9 Å². The summed E-state index contributed by atoms with van der Waals surface area (Å²) in [6.07, 6.45) is -3.23. The van der Waals surface area contributed by atoms with E-state index in [1.54, 1.807) is 0 Å². The van der Waals surface area contributed by atoms with E-state index < -0.39 is 69.9 Å². The zero-order valence-corrected chi connectivity index (χ0v) is 36.5. The zero-order chi connectivity index (χ0) is 35.1. The Hall–Kier alpha value is 0.588. The Morgan fingerprint density at radius 2 is 0.955 bits per heavy atom. The molecule has 0 aromatic rings. The van der Waals surface area contributed by atoms with E-state index in [0.717, 1.165) is 0 Å². The molecule has 264 valence electrons. The van der Waals surface area contributed by atoms with E-state index in [0.29, 0.717) is 6.61 Å². The number of rotatable bonds is 13. The standard InChI is InChI=1S/C33H74O7Si4/c1-30(2,3)41(13,14)36-23-25(38-42(15,16)31(4,5)6)27-29(40-44(19,20)33(10,11)12)28(26(37-27)24(35)21-22-34)39-43(17,18)32(7,8)9/h24-29,34-35H,21-23H2,1-20H3/t24-,25-,26-,27+,28+,29+/m1/s1. The third kappa shape index (κ3) is 10.3. The van der Waals surface area contributed by atoms with Gasteiger partial charge in [0.05, 0.1) is 18.8 Å². The van der Waals surface area contributed by atoms with Gasteiger partial charge in [-0.3, -0.25) is 0 Å². The van der Waals surface area contributed by atoms with Crippen LogP contribution in [0.25, 0.3) is 0 Å². The summed E-state index contributed by atoms with van der Waals surface area (Å²) in [5, 5.41) is 21.2. The summed E-state index contributed by atoms with van der Waals surface area (Å²) in [6, 6.07) is 0. The van der Waals surface area contributed by atoms with Crippen molar-refractivity contribution in [3.8, 4) is 0 Å². The second kappa shape index (κ2) is 14.2. The Bertz CT molecular complexity index is 911. The number of hydrogen-bond acceptors (Lipinski definition) is 7. The third-order valence-corrected chi connectivity index (χ3v) is 29.5. The lowest BCUT2D eigenvalue weighted by Gasteiger charge is -2.46. The molecular weight excluding hydrogens is 621 g/mol. The van der Waals surface area contributed by atoms with Crippen LogP contribution in [0.5, 0.6) is 0 Å². The van der Waals surface area contributed by atoms with Crippen LogP contribution in [0.3, 0.4) is 0 Å². The first-order valence-electron chi connectivity index (χ1n) is 16.8. The van der Waals surface area contributed by atoms with Gasteiger partial charge in [0, 0.05) is 6.61 Å². The number of ether oxygens (including phenoxy) is 1. The van der Waals surface area contributed by atoms with E-state index in [4.69, 9.17) is 22.4 Å². The minimum absolute atomic E-state index is 0.0243. The van der Waals surface area contributed by atoms with Crippen molar-refractivity contribution in [1.82, 2.24) is 0 Å². The molecule has 44 heavy (non-hydrogen) atoms. The maximum Gasteiger partial charge on any atom is 0.192 e. The molecule has 2 N–H and O–H groups in total. The molecule has 0 aliphatic carbocycles. The van der Waals surface area contributed by atoms with Crippen LogP contribution in [-0.4, -0.2) is 93.3 Å². The number of hydrogen-bond donors (Lipinski definition) is 2. The molecule has 0 amide bonds. The lowest BCUT2D eigenvalue weighted by Crippen LogP contribution is -2.58. The van der Waals surface area contributed by atoms with Gasteiger partial charge >= 0.3 is 0 Å². The molecule has 0 unspecified atom stereocenters. The number of aliphatic hydroxyl groups is 2. The highest BCUT2D eigenvalue weighted by molar-refractivity contribution is 6.75. The van der Waals surface area contributed by atoms with E-state index in [2.05, 4.69) is 135 Å². The first-order valence-corrected chi connectivity index (χ1v) is 28.5. The summed E-state index contributed by atoms with van der Waals surface area (Å²) >= 11 is 0. The Morgan fingerprint density at radius 3 is 1.30 bits per heavy atom. The molecule has 0 spiro atoms. The summed E-state index contributed by atoms with van der Waals surface area (Å²) < 4.78 is 35.6. The molecule has 0 saturated carbocycles. The SMILES string of the molecule is CC(C)(C)[Si](C)(C)OC[C@@H](O[Si](C)(C)C(C)(C)C)[C@@H]1O[C@H]([C@H](O)CCO)[C@H](O[Si](C)(C)C(C)(C)C)[C@H]1O[Si](C)(C)C(C)(C)C. The summed E-state index contributed by atoms with van der Waals surface area (Å²) in [4.78, 5) is 0. The predicted molar refractivity (Wildman–Crippen MR) is 196 cm³/mol. The second-order valence-corrected chi connectivity index (χ2v) is 38.4. The van der Waals surface area contributed by atoms with Crippen LogP contribution < -0.4 is 0 Å².